The van der Waals surface area contributed by atoms with Crippen molar-refractivity contribution in [2.75, 3.05) is 25.1 Å². The summed E-state index contributed by atoms with van der Waals surface area (Å²) < 4.78 is 9.92. The molecule has 2 fully saturated rings. The molecule has 0 atom stereocenters. The van der Waals surface area contributed by atoms with Crippen LogP contribution in [0, 0.1) is 0 Å². The highest BCUT2D eigenvalue weighted by Crippen LogP contribution is 2.23. The van der Waals surface area contributed by atoms with Gasteiger partial charge in [-0.2, -0.15) is 0 Å². The van der Waals surface area contributed by atoms with Gasteiger partial charge in [-0.15, -0.1) is 0 Å². The summed E-state index contributed by atoms with van der Waals surface area (Å²) in [4.78, 5) is 39.7. The van der Waals surface area contributed by atoms with Crippen LogP contribution in [0.3, 0.4) is 0 Å². The maximum Gasteiger partial charge on any atom is 0.373 e. The zero-order valence-corrected chi connectivity index (χ0v) is 16.0. The second-order valence-electron chi connectivity index (χ2n) is 6.92. The molecule has 29 heavy (non-hydrogen) atoms. The number of imide groups is 1. The van der Waals surface area contributed by atoms with E-state index in [0.29, 0.717) is 5.76 Å². The molecule has 0 saturated carbocycles. The number of methoxy groups -OCH3 is 1. The van der Waals surface area contributed by atoms with E-state index in [1.54, 1.807) is 6.08 Å². The van der Waals surface area contributed by atoms with Gasteiger partial charge in [0.15, 0.2) is 0 Å². The van der Waals surface area contributed by atoms with Crippen LogP contribution < -0.4 is 10.2 Å². The van der Waals surface area contributed by atoms with Gasteiger partial charge in [0.25, 0.3) is 5.91 Å². The smallest absolute Gasteiger partial charge is 0.373 e. The molecule has 8 nitrogen and oxygen atoms in total. The second-order valence-corrected chi connectivity index (χ2v) is 6.92. The molecule has 0 bridgehead atoms. The van der Waals surface area contributed by atoms with E-state index < -0.39 is 17.9 Å². The molecule has 0 unspecified atom stereocenters. The van der Waals surface area contributed by atoms with Crippen molar-refractivity contribution >= 4 is 29.7 Å². The predicted octanol–water partition coefficient (Wildman–Crippen LogP) is 2.76. The summed E-state index contributed by atoms with van der Waals surface area (Å²) in [7, 11) is 1.25. The molecule has 1 aromatic carbocycles. The van der Waals surface area contributed by atoms with Crippen LogP contribution in [0.15, 0.2) is 46.5 Å². The number of rotatable bonds is 5. The number of carbonyl (C=O) groups excluding carboxylic acids is 3. The third-order valence-corrected chi connectivity index (χ3v) is 5.00. The van der Waals surface area contributed by atoms with Crippen molar-refractivity contribution in [1.29, 1.82) is 0 Å². The van der Waals surface area contributed by atoms with Crippen LogP contribution in [0.25, 0.3) is 6.08 Å². The summed E-state index contributed by atoms with van der Waals surface area (Å²) in [5, 5.41) is 2.59. The molecule has 1 aromatic heterocycles. The molecule has 4 rings (SSSR count). The molecule has 0 spiro atoms. The summed E-state index contributed by atoms with van der Waals surface area (Å²) in [6.45, 7) is 2.05. The Morgan fingerprint density at radius 2 is 1.86 bits per heavy atom. The van der Waals surface area contributed by atoms with Gasteiger partial charge in [-0.05, 0) is 48.7 Å². The van der Waals surface area contributed by atoms with Crippen molar-refractivity contribution in [2.45, 2.75) is 19.4 Å². The number of hydrogen-bond donors (Lipinski definition) is 1. The molecular formula is C21H21N3O5. The lowest BCUT2D eigenvalue weighted by Gasteiger charge is -2.17. The third kappa shape index (κ3) is 3.87. The normalized spacial score (nSPS) is 17.9. The summed E-state index contributed by atoms with van der Waals surface area (Å²) >= 11 is 0. The first kappa shape index (κ1) is 18.8. The molecule has 2 saturated heterocycles. The molecular weight excluding hydrogens is 374 g/mol. The topological polar surface area (TPSA) is 92.1 Å². The molecule has 2 aliphatic rings. The van der Waals surface area contributed by atoms with Gasteiger partial charge in [0.1, 0.15) is 11.5 Å². The molecule has 2 aromatic rings. The molecule has 3 heterocycles. The zero-order chi connectivity index (χ0) is 20.4. The van der Waals surface area contributed by atoms with Crippen molar-refractivity contribution in [3.63, 3.8) is 0 Å². The minimum absolute atomic E-state index is 0.0170. The van der Waals surface area contributed by atoms with E-state index in [4.69, 9.17) is 4.42 Å². The number of benzene rings is 1. The van der Waals surface area contributed by atoms with Gasteiger partial charge in [-0.25, -0.2) is 9.59 Å². The number of furan rings is 1. The number of urea groups is 1. The Bertz CT molecular complexity index is 970. The van der Waals surface area contributed by atoms with Gasteiger partial charge in [-0.3, -0.25) is 9.69 Å². The third-order valence-electron chi connectivity index (χ3n) is 5.00. The highest BCUT2D eigenvalue weighted by atomic mass is 16.5. The average molecular weight is 395 g/mol. The SMILES string of the molecule is COC(=O)c1ccc(CN2C(=O)N/C(=C\c3ccc(N4CCCC4)cc3)C2=O)o1. The van der Waals surface area contributed by atoms with Crippen molar-refractivity contribution in [3.8, 4) is 0 Å². The minimum Gasteiger partial charge on any atom is -0.463 e. The van der Waals surface area contributed by atoms with Crippen LogP contribution in [-0.2, 0) is 16.1 Å². The number of amides is 3. The summed E-state index contributed by atoms with van der Waals surface area (Å²) in [6, 6.07) is 10.3. The van der Waals surface area contributed by atoms with Crippen LogP contribution in [0.1, 0.15) is 34.7 Å². The molecule has 3 amide bonds. The van der Waals surface area contributed by atoms with E-state index >= 15 is 0 Å². The van der Waals surface area contributed by atoms with Gasteiger partial charge in [0.2, 0.25) is 5.76 Å². The highest BCUT2D eigenvalue weighted by Gasteiger charge is 2.34. The lowest BCUT2D eigenvalue weighted by Crippen LogP contribution is -2.30. The van der Waals surface area contributed by atoms with E-state index in [0.717, 1.165) is 29.2 Å². The molecule has 1 N–H and O–H groups in total. The van der Waals surface area contributed by atoms with Crippen molar-refractivity contribution in [3.05, 3.63) is 59.2 Å². The molecule has 0 aliphatic carbocycles. The van der Waals surface area contributed by atoms with Crippen LogP contribution in [0.4, 0.5) is 10.5 Å². The summed E-state index contributed by atoms with van der Waals surface area (Å²) in [5.74, 6) is -0.741. The number of carbonyl (C=O) groups is 3. The van der Waals surface area contributed by atoms with Gasteiger partial charge in [0, 0.05) is 18.8 Å². The largest absolute Gasteiger partial charge is 0.463 e. The maximum absolute atomic E-state index is 12.6. The number of anilines is 1. The maximum atomic E-state index is 12.6. The van der Waals surface area contributed by atoms with Crippen LogP contribution in [0.2, 0.25) is 0 Å². The van der Waals surface area contributed by atoms with E-state index in [9.17, 15) is 14.4 Å². The van der Waals surface area contributed by atoms with Gasteiger partial charge < -0.3 is 19.4 Å². The number of nitrogens with one attached hydrogen (secondary N) is 1. The Labute approximate surface area is 167 Å². The fourth-order valence-electron chi connectivity index (χ4n) is 3.47. The summed E-state index contributed by atoms with van der Waals surface area (Å²) in [6.07, 6.45) is 4.06. The Morgan fingerprint density at radius 1 is 1.14 bits per heavy atom. The summed E-state index contributed by atoms with van der Waals surface area (Å²) in [5.41, 5.74) is 2.18. The Kier molecular flexibility index (Phi) is 5.07. The van der Waals surface area contributed by atoms with Crippen molar-refractivity contribution in [1.82, 2.24) is 10.2 Å². The first-order valence-corrected chi connectivity index (χ1v) is 9.42. The second kappa shape index (κ2) is 7.83. The Balaban J connectivity index is 1.46. The molecule has 2 aliphatic heterocycles. The standard InChI is InChI=1S/C21H21N3O5/c1-28-20(26)18-9-8-16(29-18)13-24-19(25)17(22-21(24)27)12-14-4-6-15(7-5-14)23-10-2-3-11-23/h4-9,12H,2-3,10-11,13H2,1H3,(H,22,27)/b17-12-. The van der Waals surface area contributed by atoms with Crippen molar-refractivity contribution < 1.29 is 23.5 Å². The average Bonchev–Trinajstić information content (AvgIpc) is 3.47. The number of esters is 1. The quantitative estimate of drug-likeness (QED) is 0.475. The number of hydrogen-bond acceptors (Lipinski definition) is 6. The van der Waals surface area contributed by atoms with E-state index in [1.807, 2.05) is 24.3 Å². The zero-order valence-electron chi connectivity index (χ0n) is 16.0. The molecule has 0 radical (unpaired) electrons. The van der Waals surface area contributed by atoms with E-state index in [2.05, 4.69) is 15.0 Å². The monoisotopic (exact) mass is 395 g/mol. The van der Waals surface area contributed by atoms with Crippen LogP contribution >= 0.6 is 0 Å². The number of ether oxygens (including phenoxy) is 1. The van der Waals surface area contributed by atoms with Crippen molar-refractivity contribution in [2.24, 2.45) is 0 Å². The Morgan fingerprint density at radius 3 is 2.55 bits per heavy atom. The van der Waals surface area contributed by atoms with E-state index in [-0.39, 0.29) is 18.0 Å². The van der Waals surface area contributed by atoms with Crippen LogP contribution in [-0.4, -0.2) is 43.0 Å². The van der Waals surface area contributed by atoms with Gasteiger partial charge >= 0.3 is 12.0 Å². The first-order chi connectivity index (χ1) is 14.0. The predicted molar refractivity (Wildman–Crippen MR) is 105 cm³/mol. The fraction of sp³-hybridized carbons (Fsp3) is 0.286. The highest BCUT2D eigenvalue weighted by molar-refractivity contribution is 6.13. The molecule has 8 heteroatoms. The van der Waals surface area contributed by atoms with Crippen LogP contribution in [0.5, 0.6) is 0 Å². The minimum atomic E-state index is -0.619. The Hall–Kier alpha value is -3.55. The van der Waals surface area contributed by atoms with Gasteiger partial charge in [-0.1, -0.05) is 12.1 Å². The first-order valence-electron chi connectivity index (χ1n) is 9.42. The van der Waals surface area contributed by atoms with Gasteiger partial charge in [0.05, 0.1) is 13.7 Å². The lowest BCUT2D eigenvalue weighted by atomic mass is 10.1. The molecule has 150 valence electrons. The van der Waals surface area contributed by atoms with E-state index in [1.165, 1.54) is 32.1 Å². The number of nitrogens with zero attached hydrogens (tertiary/aromatic N) is 2. The fourth-order valence-corrected chi connectivity index (χ4v) is 3.47. The lowest BCUT2D eigenvalue weighted by molar-refractivity contribution is -0.123.